The van der Waals surface area contributed by atoms with Crippen molar-refractivity contribution in [2.24, 2.45) is 17.8 Å². The van der Waals surface area contributed by atoms with Gasteiger partial charge in [0.25, 0.3) is 5.91 Å². The van der Waals surface area contributed by atoms with Crippen LogP contribution < -0.4 is 20.3 Å². The molecule has 2 aromatic carbocycles. The van der Waals surface area contributed by atoms with Crippen molar-refractivity contribution in [1.82, 2.24) is 10.6 Å². The van der Waals surface area contributed by atoms with Crippen LogP contribution in [0.3, 0.4) is 0 Å². The van der Waals surface area contributed by atoms with Crippen LogP contribution >= 0.6 is 0 Å². The van der Waals surface area contributed by atoms with Crippen LogP contribution in [0.1, 0.15) is 67.8 Å². The summed E-state index contributed by atoms with van der Waals surface area (Å²) in [6, 6.07) is 14.1. The maximum Gasteiger partial charge on any atom is 0.251 e. The summed E-state index contributed by atoms with van der Waals surface area (Å²) in [5.74, 6) is 0.759. The summed E-state index contributed by atoms with van der Waals surface area (Å²) in [7, 11) is 0. The first-order valence-corrected chi connectivity index (χ1v) is 15.3. The van der Waals surface area contributed by atoms with Crippen molar-refractivity contribution >= 4 is 23.4 Å². The van der Waals surface area contributed by atoms with Crippen molar-refractivity contribution in [2.75, 3.05) is 24.7 Å². The van der Waals surface area contributed by atoms with E-state index in [1.54, 1.807) is 23.1 Å². The number of benzene rings is 2. The van der Waals surface area contributed by atoms with Gasteiger partial charge in [0, 0.05) is 42.2 Å². The van der Waals surface area contributed by atoms with E-state index in [0.717, 1.165) is 24.3 Å². The molecule has 1 saturated heterocycles. The number of hydrogen-bond donors (Lipinski definition) is 4. The van der Waals surface area contributed by atoms with Crippen LogP contribution in [0.2, 0.25) is 0 Å². The van der Waals surface area contributed by atoms with Crippen molar-refractivity contribution < 1.29 is 29.3 Å². The van der Waals surface area contributed by atoms with Crippen molar-refractivity contribution in [3.63, 3.8) is 0 Å². The van der Waals surface area contributed by atoms with Gasteiger partial charge in [-0.1, -0.05) is 43.7 Å². The van der Waals surface area contributed by atoms with Crippen molar-refractivity contribution in [3.8, 4) is 5.75 Å². The molecule has 2 aliphatic carbocycles. The summed E-state index contributed by atoms with van der Waals surface area (Å²) in [5, 5.41) is 26.9. The third-order valence-electron chi connectivity index (χ3n) is 9.09. The lowest BCUT2D eigenvalue weighted by molar-refractivity contribution is -0.126. The molecule has 6 atom stereocenters. The van der Waals surface area contributed by atoms with Crippen LogP contribution in [-0.2, 0) is 16.0 Å². The van der Waals surface area contributed by atoms with E-state index >= 15 is 0 Å². The normalized spacial score (nSPS) is 23.5. The number of nitrogens with one attached hydrogen (secondary N) is 2. The Morgan fingerprint density at radius 2 is 1.93 bits per heavy atom. The van der Waals surface area contributed by atoms with Gasteiger partial charge in [-0.2, -0.15) is 0 Å². The predicted octanol–water partition coefficient (Wildman–Crippen LogP) is 3.22. The van der Waals surface area contributed by atoms with Gasteiger partial charge in [-0.05, 0) is 68.1 Å². The van der Waals surface area contributed by atoms with E-state index in [1.807, 2.05) is 37.3 Å². The van der Waals surface area contributed by atoms with Crippen LogP contribution in [0.25, 0.3) is 0 Å². The number of fused-ring (bicyclic) bond motifs is 2. The molecule has 4 N–H and O–H groups in total. The van der Waals surface area contributed by atoms with Crippen LogP contribution in [0, 0.1) is 17.8 Å². The number of nitrogens with zero attached hydrogens (tertiary/aromatic N) is 1. The molecule has 3 fully saturated rings. The summed E-state index contributed by atoms with van der Waals surface area (Å²) in [6.07, 6.45) is 5.49. The molecule has 5 rings (SSSR count). The molecule has 9 nitrogen and oxygen atoms in total. The van der Waals surface area contributed by atoms with Crippen molar-refractivity contribution in [2.45, 2.75) is 76.5 Å². The van der Waals surface area contributed by atoms with E-state index in [0.29, 0.717) is 36.7 Å². The third-order valence-corrected chi connectivity index (χ3v) is 9.09. The lowest BCUT2D eigenvalue weighted by atomic mass is 9.91. The zero-order chi connectivity index (χ0) is 29.6. The third kappa shape index (κ3) is 7.31. The van der Waals surface area contributed by atoms with E-state index in [1.165, 1.54) is 19.3 Å². The van der Waals surface area contributed by atoms with Gasteiger partial charge in [-0.3, -0.25) is 14.4 Å². The number of hydrogen-bond acceptors (Lipinski definition) is 6. The number of carbonyl (C=O) groups is 3. The molecule has 0 spiro atoms. The first-order valence-electron chi connectivity index (χ1n) is 15.3. The van der Waals surface area contributed by atoms with Crippen molar-refractivity contribution in [1.29, 1.82) is 0 Å². The molecule has 2 aromatic rings. The lowest BCUT2D eigenvalue weighted by Crippen LogP contribution is -2.47. The summed E-state index contributed by atoms with van der Waals surface area (Å²) >= 11 is 0. The Balaban J connectivity index is 1.30. The minimum absolute atomic E-state index is 0.0178. The Hall–Kier alpha value is -3.43. The molecule has 42 heavy (non-hydrogen) atoms. The quantitative estimate of drug-likeness (QED) is 0.290. The second-order valence-corrected chi connectivity index (χ2v) is 12.2. The number of ether oxygens (including phenoxy) is 1. The SMILES string of the molecule is CC(C[C@H](O)[C@H](Cc1ccccc1)NC(=O)c1cc(OCCO)cc(N2CCCC2=O)c1)C(=O)NC1CC2CCC1C2. The van der Waals surface area contributed by atoms with Gasteiger partial charge in [0.1, 0.15) is 12.4 Å². The number of amides is 3. The summed E-state index contributed by atoms with van der Waals surface area (Å²) in [6.45, 7) is 2.25. The van der Waals surface area contributed by atoms with E-state index in [-0.39, 0.29) is 43.1 Å². The Morgan fingerprint density at radius 3 is 2.60 bits per heavy atom. The molecule has 1 heterocycles. The van der Waals surface area contributed by atoms with Crippen LogP contribution in [0.4, 0.5) is 5.69 Å². The minimum Gasteiger partial charge on any atom is -0.491 e. The van der Waals surface area contributed by atoms with Crippen molar-refractivity contribution in [3.05, 3.63) is 59.7 Å². The van der Waals surface area contributed by atoms with Gasteiger partial charge in [0.2, 0.25) is 11.8 Å². The second-order valence-electron chi connectivity index (χ2n) is 12.2. The first-order chi connectivity index (χ1) is 20.3. The maximum absolute atomic E-state index is 13.6. The largest absolute Gasteiger partial charge is 0.491 e. The molecular weight excluding hydrogens is 534 g/mol. The van der Waals surface area contributed by atoms with Gasteiger partial charge in [0.05, 0.1) is 18.8 Å². The highest BCUT2D eigenvalue weighted by atomic mass is 16.5. The Morgan fingerprint density at radius 1 is 1.12 bits per heavy atom. The van der Waals surface area contributed by atoms with E-state index in [9.17, 15) is 24.6 Å². The van der Waals surface area contributed by atoms with Gasteiger partial charge in [-0.15, -0.1) is 0 Å². The Bertz CT molecular complexity index is 1250. The minimum atomic E-state index is -0.969. The van der Waals surface area contributed by atoms with E-state index < -0.39 is 24.0 Å². The summed E-state index contributed by atoms with van der Waals surface area (Å²) < 4.78 is 5.62. The Kier molecular flexibility index (Phi) is 9.80. The molecule has 2 saturated carbocycles. The van der Waals surface area contributed by atoms with Gasteiger partial charge < -0.3 is 30.5 Å². The molecule has 226 valence electrons. The standard InChI is InChI=1S/C33H43N3O6/c1-21(32(40)34-28-17-23-9-10-24(28)15-23)14-30(38)29(16-22-6-3-2-4-7-22)35-33(41)25-18-26(36-11-5-8-31(36)39)20-27(19-25)42-13-12-37/h2-4,6-7,18-21,23-24,28-30,37-38H,5,8-17H2,1H3,(H,34,40)(H,35,41)/t21?,23?,24?,28?,29-,30-/m0/s1. The highest BCUT2D eigenvalue weighted by molar-refractivity contribution is 5.99. The Labute approximate surface area is 247 Å². The highest BCUT2D eigenvalue weighted by Crippen LogP contribution is 2.44. The average Bonchev–Trinajstić information content (AvgIpc) is 3.73. The fourth-order valence-electron chi connectivity index (χ4n) is 6.82. The topological polar surface area (TPSA) is 128 Å². The fourth-order valence-corrected chi connectivity index (χ4v) is 6.82. The van der Waals surface area contributed by atoms with E-state index in [2.05, 4.69) is 10.6 Å². The first kappa shape index (κ1) is 30.0. The molecule has 1 aliphatic heterocycles. The van der Waals surface area contributed by atoms with E-state index in [4.69, 9.17) is 4.74 Å². The van der Waals surface area contributed by atoms with Crippen LogP contribution in [-0.4, -0.2) is 65.9 Å². The molecule has 3 amide bonds. The molecule has 2 bridgehead atoms. The fraction of sp³-hybridized carbons (Fsp3) is 0.545. The number of carbonyl (C=O) groups excluding carboxylic acids is 3. The summed E-state index contributed by atoms with van der Waals surface area (Å²) in [5.41, 5.74) is 1.79. The van der Waals surface area contributed by atoms with Gasteiger partial charge in [0.15, 0.2) is 0 Å². The molecule has 0 aromatic heterocycles. The molecule has 9 heteroatoms. The average molecular weight is 578 g/mol. The monoisotopic (exact) mass is 577 g/mol. The maximum atomic E-state index is 13.6. The molecule has 4 unspecified atom stereocenters. The smallest absolute Gasteiger partial charge is 0.251 e. The van der Waals surface area contributed by atoms with Crippen LogP contribution in [0.15, 0.2) is 48.5 Å². The number of anilines is 1. The number of aliphatic hydroxyl groups is 2. The number of aliphatic hydroxyl groups excluding tert-OH is 2. The molecular formula is C33H43N3O6. The number of rotatable bonds is 13. The lowest BCUT2D eigenvalue weighted by Gasteiger charge is -2.28. The highest BCUT2D eigenvalue weighted by Gasteiger charge is 2.40. The summed E-state index contributed by atoms with van der Waals surface area (Å²) in [4.78, 5) is 40.8. The molecule has 3 aliphatic rings. The zero-order valence-electron chi connectivity index (χ0n) is 24.3. The second kappa shape index (κ2) is 13.7. The van der Waals surface area contributed by atoms with Gasteiger partial charge >= 0.3 is 0 Å². The molecule has 0 radical (unpaired) electrons. The zero-order valence-corrected chi connectivity index (χ0v) is 24.3. The predicted molar refractivity (Wildman–Crippen MR) is 159 cm³/mol. The van der Waals surface area contributed by atoms with Gasteiger partial charge in [-0.25, -0.2) is 0 Å². The van der Waals surface area contributed by atoms with Crippen LogP contribution in [0.5, 0.6) is 5.75 Å².